The van der Waals surface area contributed by atoms with E-state index < -0.39 is 6.04 Å². The van der Waals surface area contributed by atoms with Crippen molar-refractivity contribution in [2.75, 3.05) is 5.32 Å². The Balaban J connectivity index is 1.44. The molecule has 0 bridgehead atoms. The first-order valence-corrected chi connectivity index (χ1v) is 14.0. The van der Waals surface area contributed by atoms with Gasteiger partial charge in [-0.15, -0.1) is 10.2 Å². The Morgan fingerprint density at radius 3 is 2.39 bits per heavy atom. The van der Waals surface area contributed by atoms with Gasteiger partial charge in [0.1, 0.15) is 11.0 Å². The lowest BCUT2D eigenvalue weighted by Crippen LogP contribution is -2.45. The SMILES string of the molecule is CCCCCCc1ccc(C(=O)N[C@H](Cc2ccccc2)C(=O)Nc2nnc(-c3cccc(C)c3)s2)cc1. The number of hydrogen-bond acceptors (Lipinski definition) is 5. The molecular formula is C31H34N4O2S. The van der Waals surface area contributed by atoms with E-state index in [1.165, 1.54) is 36.2 Å². The Morgan fingerprint density at radius 1 is 0.868 bits per heavy atom. The van der Waals surface area contributed by atoms with Crippen LogP contribution in [0.3, 0.4) is 0 Å². The third kappa shape index (κ3) is 7.83. The number of rotatable bonds is 12. The molecular weight excluding hydrogens is 492 g/mol. The van der Waals surface area contributed by atoms with Gasteiger partial charge < -0.3 is 5.32 Å². The van der Waals surface area contributed by atoms with Crippen molar-refractivity contribution in [2.45, 2.75) is 58.4 Å². The van der Waals surface area contributed by atoms with Gasteiger partial charge >= 0.3 is 0 Å². The molecule has 6 nitrogen and oxygen atoms in total. The molecule has 4 aromatic rings. The Morgan fingerprint density at radius 2 is 1.66 bits per heavy atom. The van der Waals surface area contributed by atoms with Crippen LogP contribution in [-0.2, 0) is 17.6 Å². The van der Waals surface area contributed by atoms with Crippen LogP contribution in [-0.4, -0.2) is 28.1 Å². The fraction of sp³-hybridized carbons (Fsp3) is 0.290. The van der Waals surface area contributed by atoms with Crippen LogP contribution >= 0.6 is 11.3 Å². The molecule has 0 saturated carbocycles. The third-order valence-corrected chi connectivity index (χ3v) is 7.25. The summed E-state index contributed by atoms with van der Waals surface area (Å²) in [5.74, 6) is -0.613. The van der Waals surface area contributed by atoms with E-state index in [0.717, 1.165) is 34.5 Å². The Bertz CT molecular complexity index is 1340. The van der Waals surface area contributed by atoms with Crippen LogP contribution in [0.2, 0.25) is 0 Å². The third-order valence-electron chi connectivity index (χ3n) is 6.36. The van der Waals surface area contributed by atoms with E-state index in [1.54, 1.807) is 0 Å². The standard InChI is InChI=1S/C31H34N4O2S/c1-3-4-5-7-12-23-16-18-25(19-17-23)28(36)32-27(21-24-13-8-6-9-14-24)29(37)33-31-35-34-30(38-31)26-15-10-11-22(2)20-26/h6,8-11,13-20,27H,3-5,7,12,21H2,1-2H3,(H,32,36)(H,33,35,37)/t27-/m1/s1. The van der Waals surface area contributed by atoms with Crippen LogP contribution in [0.4, 0.5) is 5.13 Å². The summed E-state index contributed by atoms with van der Waals surface area (Å²) < 4.78 is 0. The molecule has 1 heterocycles. The van der Waals surface area contributed by atoms with Gasteiger partial charge in [-0.05, 0) is 49.1 Å². The Hall–Kier alpha value is -3.84. The number of benzene rings is 3. The predicted molar refractivity (Wildman–Crippen MR) is 154 cm³/mol. The van der Waals surface area contributed by atoms with E-state index in [-0.39, 0.29) is 11.8 Å². The number of anilines is 1. The smallest absolute Gasteiger partial charge is 0.251 e. The van der Waals surface area contributed by atoms with E-state index in [0.29, 0.717) is 17.1 Å². The van der Waals surface area contributed by atoms with E-state index >= 15 is 0 Å². The van der Waals surface area contributed by atoms with Crippen LogP contribution in [0.25, 0.3) is 10.6 Å². The molecule has 0 aliphatic rings. The van der Waals surface area contributed by atoms with E-state index in [1.807, 2.05) is 85.8 Å². The molecule has 2 amide bonds. The van der Waals surface area contributed by atoms with Crippen molar-refractivity contribution in [3.8, 4) is 10.6 Å². The second-order valence-electron chi connectivity index (χ2n) is 9.49. The zero-order valence-electron chi connectivity index (χ0n) is 21.9. The predicted octanol–water partition coefficient (Wildman–Crippen LogP) is 6.62. The fourth-order valence-corrected chi connectivity index (χ4v) is 4.98. The summed E-state index contributed by atoms with van der Waals surface area (Å²) in [6.45, 7) is 4.22. The van der Waals surface area contributed by atoms with Crippen molar-refractivity contribution in [1.29, 1.82) is 0 Å². The molecule has 2 N–H and O–H groups in total. The average Bonchev–Trinajstić information content (AvgIpc) is 3.40. The lowest BCUT2D eigenvalue weighted by molar-refractivity contribution is -0.118. The first kappa shape index (κ1) is 27.2. The van der Waals surface area contributed by atoms with E-state index in [2.05, 4.69) is 27.8 Å². The van der Waals surface area contributed by atoms with Crippen LogP contribution in [0, 0.1) is 6.92 Å². The van der Waals surface area contributed by atoms with Crippen molar-refractivity contribution in [1.82, 2.24) is 15.5 Å². The lowest BCUT2D eigenvalue weighted by Gasteiger charge is -2.18. The molecule has 0 radical (unpaired) electrons. The number of aryl methyl sites for hydroxylation is 2. The van der Waals surface area contributed by atoms with Gasteiger partial charge in [0.05, 0.1) is 0 Å². The maximum atomic E-state index is 13.3. The summed E-state index contributed by atoms with van der Waals surface area (Å²) in [5, 5.41) is 15.3. The minimum Gasteiger partial charge on any atom is -0.340 e. The first-order valence-electron chi connectivity index (χ1n) is 13.2. The zero-order valence-corrected chi connectivity index (χ0v) is 22.8. The largest absolute Gasteiger partial charge is 0.340 e. The highest BCUT2D eigenvalue weighted by Gasteiger charge is 2.23. The number of carbonyl (C=O) groups excluding carboxylic acids is 2. The monoisotopic (exact) mass is 526 g/mol. The highest BCUT2D eigenvalue weighted by Crippen LogP contribution is 2.27. The molecule has 0 saturated heterocycles. The molecule has 7 heteroatoms. The number of hydrogen-bond donors (Lipinski definition) is 2. The average molecular weight is 527 g/mol. The highest BCUT2D eigenvalue weighted by molar-refractivity contribution is 7.18. The summed E-state index contributed by atoms with van der Waals surface area (Å²) in [7, 11) is 0. The summed E-state index contributed by atoms with van der Waals surface area (Å²) in [6, 6.07) is 24.5. The molecule has 38 heavy (non-hydrogen) atoms. The number of unbranched alkanes of at least 4 members (excludes halogenated alkanes) is 3. The van der Waals surface area contributed by atoms with Gasteiger partial charge in [-0.1, -0.05) is 104 Å². The maximum absolute atomic E-state index is 13.3. The molecule has 4 rings (SSSR count). The van der Waals surface area contributed by atoms with Gasteiger partial charge in [0.25, 0.3) is 5.91 Å². The molecule has 0 aliphatic carbocycles. The Kier molecular flexibility index (Phi) is 9.76. The second-order valence-corrected chi connectivity index (χ2v) is 10.5. The van der Waals surface area contributed by atoms with Crippen molar-refractivity contribution in [2.24, 2.45) is 0 Å². The van der Waals surface area contributed by atoms with Gasteiger partial charge in [-0.3, -0.25) is 14.9 Å². The van der Waals surface area contributed by atoms with Crippen molar-refractivity contribution >= 4 is 28.3 Å². The number of nitrogens with one attached hydrogen (secondary N) is 2. The number of aromatic nitrogens is 2. The van der Waals surface area contributed by atoms with Gasteiger partial charge in [0, 0.05) is 17.5 Å². The molecule has 1 aromatic heterocycles. The maximum Gasteiger partial charge on any atom is 0.251 e. The van der Waals surface area contributed by atoms with Crippen molar-refractivity contribution in [3.63, 3.8) is 0 Å². The van der Waals surface area contributed by atoms with Gasteiger partial charge in [0.15, 0.2) is 0 Å². The van der Waals surface area contributed by atoms with E-state index in [9.17, 15) is 9.59 Å². The van der Waals surface area contributed by atoms with Crippen LogP contribution < -0.4 is 10.6 Å². The molecule has 1 atom stereocenters. The number of carbonyl (C=O) groups is 2. The minimum atomic E-state index is -0.773. The van der Waals surface area contributed by atoms with Crippen molar-refractivity contribution in [3.05, 3.63) is 101 Å². The van der Waals surface area contributed by atoms with Gasteiger partial charge in [0.2, 0.25) is 11.0 Å². The molecule has 0 fully saturated rings. The Labute approximate surface area is 228 Å². The topological polar surface area (TPSA) is 84.0 Å². The second kappa shape index (κ2) is 13.6. The van der Waals surface area contributed by atoms with Crippen molar-refractivity contribution < 1.29 is 9.59 Å². The quantitative estimate of drug-likeness (QED) is 0.203. The molecule has 3 aromatic carbocycles. The zero-order chi connectivity index (χ0) is 26.7. The summed E-state index contributed by atoms with van der Waals surface area (Å²) in [4.78, 5) is 26.4. The van der Waals surface area contributed by atoms with Gasteiger partial charge in [-0.25, -0.2) is 0 Å². The number of nitrogens with zero attached hydrogens (tertiary/aromatic N) is 2. The summed E-state index contributed by atoms with van der Waals surface area (Å²) in [5.41, 5.74) is 4.78. The van der Waals surface area contributed by atoms with E-state index in [4.69, 9.17) is 0 Å². The molecule has 196 valence electrons. The first-order chi connectivity index (χ1) is 18.5. The summed E-state index contributed by atoms with van der Waals surface area (Å²) in [6.07, 6.45) is 6.19. The highest BCUT2D eigenvalue weighted by atomic mass is 32.1. The summed E-state index contributed by atoms with van der Waals surface area (Å²) >= 11 is 1.31. The van der Waals surface area contributed by atoms with Crippen LogP contribution in [0.5, 0.6) is 0 Å². The molecule has 0 unspecified atom stereocenters. The van der Waals surface area contributed by atoms with Crippen LogP contribution in [0.1, 0.15) is 59.7 Å². The fourth-order valence-electron chi connectivity index (χ4n) is 4.24. The minimum absolute atomic E-state index is 0.281. The number of amides is 2. The van der Waals surface area contributed by atoms with Gasteiger partial charge in [-0.2, -0.15) is 0 Å². The normalized spacial score (nSPS) is 11.6. The molecule has 0 aliphatic heterocycles. The molecule has 0 spiro atoms. The lowest BCUT2D eigenvalue weighted by atomic mass is 10.0. The van der Waals surface area contributed by atoms with Crippen LogP contribution in [0.15, 0.2) is 78.9 Å².